The zero-order chi connectivity index (χ0) is 43.6. The molecule has 0 saturated carbocycles. The average molecular weight is 894 g/mol. The van der Waals surface area contributed by atoms with Crippen LogP contribution >= 0.6 is 23.2 Å². The van der Waals surface area contributed by atoms with Crippen LogP contribution < -0.4 is 19.9 Å². The molecule has 0 aliphatic carbocycles. The number of H-pyrrole nitrogens is 1. The zero-order valence-corrected chi connectivity index (χ0v) is 36.7. The first kappa shape index (κ1) is 42.5. The summed E-state index contributed by atoms with van der Waals surface area (Å²) in [7, 11) is 0. The van der Waals surface area contributed by atoms with Gasteiger partial charge in [0.25, 0.3) is 0 Å². The molecule has 0 unspecified atom stereocenters. The molecule has 4 saturated heterocycles. The number of hydrogen-bond acceptors (Lipinski definition) is 10. The van der Waals surface area contributed by atoms with Crippen LogP contribution in [0, 0.1) is 5.92 Å². The number of imide groups is 1. The van der Waals surface area contributed by atoms with E-state index in [4.69, 9.17) is 32.9 Å². The van der Waals surface area contributed by atoms with Crippen LogP contribution in [0.2, 0.25) is 10.0 Å². The molecule has 1 atom stereocenters. The Balaban J connectivity index is 0.709. The van der Waals surface area contributed by atoms with Crippen molar-refractivity contribution in [2.75, 3.05) is 75.2 Å². The van der Waals surface area contributed by atoms with Gasteiger partial charge in [-0.1, -0.05) is 35.3 Å². The molecule has 2 aromatic carbocycles. The van der Waals surface area contributed by atoms with Gasteiger partial charge >= 0.3 is 6.03 Å². The number of fused-ring (bicyclic) bond motifs is 1. The number of likely N-dealkylation sites (tertiary alicyclic amines) is 2. The summed E-state index contributed by atoms with van der Waals surface area (Å²) in [6, 6.07) is 17.4. The average Bonchev–Trinajstić information content (AvgIpc) is 3.72. The third-order valence-electron chi connectivity index (χ3n) is 13.0. The Morgan fingerprint density at radius 3 is 2.24 bits per heavy atom. The Bertz CT molecular complexity index is 2460. The number of hydrogen-bond donors (Lipinski definition) is 2. The van der Waals surface area contributed by atoms with E-state index >= 15 is 0 Å². The first-order chi connectivity index (χ1) is 30.6. The Morgan fingerprint density at radius 1 is 0.825 bits per heavy atom. The van der Waals surface area contributed by atoms with E-state index in [-0.39, 0.29) is 29.7 Å². The van der Waals surface area contributed by atoms with Gasteiger partial charge in [-0.2, -0.15) is 5.10 Å². The topological polar surface area (TPSA) is 160 Å². The molecule has 63 heavy (non-hydrogen) atoms. The number of piperazine rings is 1. The van der Waals surface area contributed by atoms with Crippen LogP contribution in [-0.2, 0) is 14.4 Å². The van der Waals surface area contributed by atoms with Crippen molar-refractivity contribution in [2.45, 2.75) is 51.0 Å². The van der Waals surface area contributed by atoms with Crippen molar-refractivity contribution in [1.29, 1.82) is 0 Å². The van der Waals surface area contributed by atoms with Gasteiger partial charge in [0.2, 0.25) is 17.7 Å². The van der Waals surface area contributed by atoms with Crippen LogP contribution in [0.1, 0.15) is 62.2 Å². The predicted octanol–water partition coefficient (Wildman–Crippen LogP) is 6.68. The minimum absolute atomic E-state index is 0.0732. The molecule has 7 heterocycles. The summed E-state index contributed by atoms with van der Waals surface area (Å²) >= 11 is 12.7. The lowest BCUT2D eigenvalue weighted by Gasteiger charge is -2.39. The Hall–Kier alpha value is -5.77. The zero-order valence-electron chi connectivity index (χ0n) is 35.1. The van der Waals surface area contributed by atoms with Crippen molar-refractivity contribution in [2.24, 2.45) is 5.92 Å². The second kappa shape index (κ2) is 18.5. The highest BCUT2D eigenvalue weighted by atomic mass is 35.5. The maximum absolute atomic E-state index is 13.6. The van der Waals surface area contributed by atoms with Gasteiger partial charge in [0.1, 0.15) is 23.4 Å². The van der Waals surface area contributed by atoms with Crippen molar-refractivity contribution in [3.8, 4) is 17.0 Å². The third kappa shape index (κ3) is 9.32. The number of anilines is 2. The number of ether oxygens (including phenoxy) is 1. The van der Waals surface area contributed by atoms with Crippen molar-refractivity contribution < 1.29 is 23.9 Å². The van der Waals surface area contributed by atoms with Gasteiger partial charge in [0.15, 0.2) is 0 Å². The standard InChI is InChI=1S/C46H50Cl2N10O5/c1-29(43-37(47)26-49-27-38(43)48)63-35-7-8-39-36(24-35)44(53-52-39)33-4-9-40(50-25-33)55-20-22-57(23-21-55)45(61)32-12-17-56(18-13-32)42(60)28-54-15-10-31(11-16-54)30-2-5-34(6-3-30)58-19-14-41(59)51-46(58)62/h2-9,24-27,29,31-32H,10-23,28H2,1H3,(H,52,53)(H,51,59,62)/t29-/m1/s1. The molecular weight excluding hydrogens is 843 g/mol. The number of carbonyl (C=O) groups is 4. The quantitative estimate of drug-likeness (QED) is 0.155. The maximum Gasteiger partial charge on any atom is 0.328 e. The molecular formula is C46H50Cl2N10O5. The van der Waals surface area contributed by atoms with E-state index in [1.54, 1.807) is 17.3 Å². The molecule has 4 aliphatic rings. The minimum Gasteiger partial charge on any atom is -0.486 e. The van der Waals surface area contributed by atoms with E-state index in [1.807, 2.05) is 65.4 Å². The number of piperidine rings is 2. The second-order valence-electron chi connectivity index (χ2n) is 16.8. The molecule has 0 bridgehead atoms. The number of pyridine rings is 2. The number of carbonyl (C=O) groups excluding carboxylic acids is 4. The highest BCUT2D eigenvalue weighted by molar-refractivity contribution is 6.35. The number of nitrogens with one attached hydrogen (secondary N) is 2. The second-order valence-corrected chi connectivity index (χ2v) is 17.6. The Labute approximate surface area is 375 Å². The smallest absolute Gasteiger partial charge is 0.328 e. The van der Waals surface area contributed by atoms with Gasteiger partial charge < -0.3 is 19.4 Å². The van der Waals surface area contributed by atoms with Crippen LogP contribution in [0.4, 0.5) is 16.3 Å². The van der Waals surface area contributed by atoms with E-state index in [1.165, 1.54) is 5.56 Å². The number of aromatic nitrogens is 4. The minimum atomic E-state index is -0.401. The van der Waals surface area contributed by atoms with Gasteiger partial charge in [-0.3, -0.25) is 39.6 Å². The molecule has 4 aliphatic heterocycles. The molecule has 5 aromatic rings. The van der Waals surface area contributed by atoms with E-state index in [0.29, 0.717) is 98.9 Å². The van der Waals surface area contributed by atoms with Crippen molar-refractivity contribution >= 4 is 69.4 Å². The van der Waals surface area contributed by atoms with Crippen molar-refractivity contribution in [1.82, 2.24) is 40.2 Å². The normalized spacial score (nSPS) is 18.8. The summed E-state index contributed by atoms with van der Waals surface area (Å²) in [4.78, 5) is 69.5. The maximum atomic E-state index is 13.6. The summed E-state index contributed by atoms with van der Waals surface area (Å²) in [6.07, 6.45) is 8.11. The largest absolute Gasteiger partial charge is 0.486 e. The van der Waals surface area contributed by atoms with Gasteiger partial charge in [-0.15, -0.1) is 0 Å². The van der Waals surface area contributed by atoms with Crippen molar-refractivity contribution in [3.05, 3.63) is 94.4 Å². The highest BCUT2D eigenvalue weighted by Gasteiger charge is 2.33. The van der Waals surface area contributed by atoms with Gasteiger partial charge in [0, 0.05) is 98.9 Å². The number of aromatic amines is 1. The van der Waals surface area contributed by atoms with E-state index in [2.05, 4.69) is 42.4 Å². The number of amides is 5. The molecule has 328 valence electrons. The SMILES string of the molecule is C[C@@H](Oc1ccc2[nH]nc(-c3ccc(N4CCN(C(=O)C5CCN(C(=O)CN6CCC(c7ccc(N8CCC(=O)NC8=O)cc7)CC6)CC5)CC4)nc3)c2c1)c1c(Cl)cncc1Cl. The van der Waals surface area contributed by atoms with Crippen LogP contribution in [0.25, 0.3) is 22.2 Å². The monoisotopic (exact) mass is 892 g/mol. The predicted molar refractivity (Wildman–Crippen MR) is 241 cm³/mol. The Morgan fingerprint density at radius 2 is 1.56 bits per heavy atom. The first-order valence-corrected chi connectivity index (χ1v) is 22.5. The highest BCUT2D eigenvalue weighted by Crippen LogP contribution is 2.36. The number of nitrogens with zero attached hydrogens (tertiary/aromatic N) is 8. The lowest BCUT2D eigenvalue weighted by atomic mass is 9.89. The fourth-order valence-corrected chi connectivity index (χ4v) is 9.99. The fraction of sp³-hybridized carbons (Fsp3) is 0.413. The number of halogens is 2. The van der Waals surface area contributed by atoms with Crippen LogP contribution in [-0.4, -0.2) is 124 Å². The summed E-state index contributed by atoms with van der Waals surface area (Å²) < 4.78 is 6.25. The van der Waals surface area contributed by atoms with Crippen molar-refractivity contribution in [3.63, 3.8) is 0 Å². The van der Waals surface area contributed by atoms with E-state index in [0.717, 1.165) is 59.6 Å². The molecule has 2 N–H and O–H groups in total. The molecule has 4 fully saturated rings. The lowest BCUT2D eigenvalue weighted by Crippen LogP contribution is -2.52. The number of rotatable bonds is 10. The first-order valence-electron chi connectivity index (χ1n) is 21.7. The molecule has 5 amide bonds. The summed E-state index contributed by atoms with van der Waals surface area (Å²) in [5, 5.41) is 11.9. The van der Waals surface area contributed by atoms with Gasteiger partial charge in [-0.25, -0.2) is 9.78 Å². The molecule has 17 heteroatoms. The number of benzene rings is 2. The van der Waals surface area contributed by atoms with Crippen LogP contribution in [0.15, 0.2) is 73.2 Å². The molecule has 15 nitrogen and oxygen atoms in total. The molecule has 9 rings (SSSR count). The molecule has 0 radical (unpaired) electrons. The lowest BCUT2D eigenvalue weighted by molar-refractivity contribution is -0.141. The van der Waals surface area contributed by atoms with E-state index < -0.39 is 6.10 Å². The number of urea groups is 1. The fourth-order valence-electron chi connectivity index (χ4n) is 9.32. The summed E-state index contributed by atoms with van der Waals surface area (Å²) in [6.45, 7) is 8.19. The van der Waals surface area contributed by atoms with Gasteiger partial charge in [0.05, 0.1) is 22.1 Å². The van der Waals surface area contributed by atoms with Crippen LogP contribution in [0.3, 0.4) is 0 Å². The Kier molecular flexibility index (Phi) is 12.5. The summed E-state index contributed by atoms with van der Waals surface area (Å²) in [5.41, 5.74) is 5.18. The third-order valence-corrected chi connectivity index (χ3v) is 13.6. The molecule has 3 aromatic heterocycles. The summed E-state index contributed by atoms with van der Waals surface area (Å²) in [5.74, 6) is 1.90. The van der Waals surface area contributed by atoms with Gasteiger partial charge in [-0.05, 0) is 99.6 Å². The van der Waals surface area contributed by atoms with Crippen LogP contribution in [0.5, 0.6) is 5.75 Å². The van der Waals surface area contributed by atoms with E-state index in [9.17, 15) is 19.2 Å². The molecule has 0 spiro atoms.